The van der Waals surface area contributed by atoms with Gasteiger partial charge in [-0.25, -0.2) is 4.98 Å². The summed E-state index contributed by atoms with van der Waals surface area (Å²) in [7, 11) is 0. The number of aromatic nitrogens is 2. The monoisotopic (exact) mass is 196 g/mol. The fourth-order valence-corrected chi connectivity index (χ4v) is 0.382. The average Bonchev–Trinajstić information content (AvgIpc) is 2.63. The summed E-state index contributed by atoms with van der Waals surface area (Å²) in [6.07, 6.45) is 8.06. The SMILES string of the molecule is CC(C)(C)C.CC1CC1.c1c[nH]cn1. The Morgan fingerprint density at radius 3 is 1.71 bits per heavy atom. The van der Waals surface area contributed by atoms with Gasteiger partial charge in [-0.1, -0.05) is 47.5 Å². The lowest BCUT2D eigenvalue weighted by Crippen LogP contribution is -1.93. The molecule has 2 heteroatoms. The minimum absolute atomic E-state index is 0.500. The Morgan fingerprint density at radius 2 is 1.64 bits per heavy atom. The van der Waals surface area contributed by atoms with Crippen molar-refractivity contribution in [2.24, 2.45) is 11.3 Å². The molecule has 82 valence electrons. The summed E-state index contributed by atoms with van der Waals surface area (Å²) in [6.45, 7) is 11.0. The van der Waals surface area contributed by atoms with Crippen molar-refractivity contribution in [3.63, 3.8) is 0 Å². The zero-order chi connectivity index (χ0) is 11.0. The molecule has 1 aliphatic carbocycles. The minimum Gasteiger partial charge on any atom is -0.351 e. The molecule has 0 spiro atoms. The third kappa shape index (κ3) is 22.5. The predicted molar refractivity (Wildman–Crippen MR) is 62.1 cm³/mol. The van der Waals surface area contributed by atoms with Gasteiger partial charge in [0.05, 0.1) is 6.33 Å². The summed E-state index contributed by atoms with van der Waals surface area (Å²) in [5.74, 6) is 1.08. The van der Waals surface area contributed by atoms with E-state index in [0.717, 1.165) is 5.92 Å². The van der Waals surface area contributed by atoms with Crippen LogP contribution in [-0.2, 0) is 0 Å². The Labute approximate surface area is 88.2 Å². The van der Waals surface area contributed by atoms with Crippen LogP contribution in [0.2, 0.25) is 0 Å². The number of nitrogens with one attached hydrogen (secondary N) is 1. The van der Waals surface area contributed by atoms with Crippen LogP contribution in [-0.4, -0.2) is 9.97 Å². The number of H-pyrrole nitrogens is 1. The van der Waals surface area contributed by atoms with E-state index in [9.17, 15) is 0 Å². The highest BCUT2D eigenvalue weighted by molar-refractivity contribution is 4.65. The lowest BCUT2D eigenvalue weighted by atomic mass is 10.0. The fourth-order valence-electron chi connectivity index (χ4n) is 0.382. The summed E-state index contributed by atoms with van der Waals surface area (Å²) in [4.78, 5) is 6.42. The smallest absolute Gasteiger partial charge is 0.0919 e. The van der Waals surface area contributed by atoms with Crippen molar-refractivity contribution < 1.29 is 0 Å². The molecule has 0 radical (unpaired) electrons. The third-order valence-corrected chi connectivity index (χ3v) is 1.27. The van der Waals surface area contributed by atoms with Crippen LogP contribution < -0.4 is 0 Å². The van der Waals surface area contributed by atoms with Crippen molar-refractivity contribution >= 4 is 0 Å². The molecule has 1 saturated carbocycles. The van der Waals surface area contributed by atoms with Crippen molar-refractivity contribution in [2.75, 3.05) is 0 Å². The molecule has 0 bridgehead atoms. The molecule has 1 aromatic heterocycles. The second-order valence-corrected chi connectivity index (χ2v) is 5.44. The molecule has 1 heterocycles. The fraction of sp³-hybridized carbons (Fsp3) is 0.750. The Kier molecular flexibility index (Phi) is 6.26. The first kappa shape index (κ1) is 13.2. The summed E-state index contributed by atoms with van der Waals surface area (Å²) < 4.78 is 0. The van der Waals surface area contributed by atoms with Gasteiger partial charge in [-0.15, -0.1) is 0 Å². The highest BCUT2D eigenvalue weighted by atomic mass is 14.8. The number of hydrogen-bond acceptors (Lipinski definition) is 1. The molecule has 1 aromatic rings. The van der Waals surface area contributed by atoms with Gasteiger partial charge in [0, 0.05) is 12.4 Å². The normalized spacial score (nSPS) is 14.6. The van der Waals surface area contributed by atoms with Gasteiger partial charge in [0.2, 0.25) is 0 Å². The number of imidazole rings is 1. The summed E-state index contributed by atoms with van der Waals surface area (Å²) in [5.41, 5.74) is 0.500. The second-order valence-electron chi connectivity index (χ2n) is 5.44. The van der Waals surface area contributed by atoms with E-state index in [4.69, 9.17) is 0 Å². The first-order chi connectivity index (χ1) is 6.39. The van der Waals surface area contributed by atoms with Crippen LogP contribution in [0, 0.1) is 11.3 Å². The van der Waals surface area contributed by atoms with Crippen LogP contribution in [0.5, 0.6) is 0 Å². The molecule has 0 aromatic carbocycles. The van der Waals surface area contributed by atoms with Crippen LogP contribution in [0.25, 0.3) is 0 Å². The molecule has 2 nitrogen and oxygen atoms in total. The zero-order valence-corrected chi connectivity index (χ0v) is 10.2. The highest BCUT2D eigenvalue weighted by Crippen LogP contribution is 2.26. The van der Waals surface area contributed by atoms with Gasteiger partial charge < -0.3 is 4.98 Å². The maximum Gasteiger partial charge on any atom is 0.0919 e. The predicted octanol–water partition coefficient (Wildman–Crippen LogP) is 3.88. The molecule has 0 aliphatic heterocycles. The van der Waals surface area contributed by atoms with Crippen LogP contribution in [0.4, 0.5) is 0 Å². The quantitative estimate of drug-likeness (QED) is 0.670. The van der Waals surface area contributed by atoms with Gasteiger partial charge in [0.1, 0.15) is 0 Å². The number of nitrogens with zero attached hydrogens (tertiary/aromatic N) is 1. The van der Waals surface area contributed by atoms with E-state index in [2.05, 4.69) is 44.6 Å². The van der Waals surface area contributed by atoms with Crippen molar-refractivity contribution in [1.82, 2.24) is 9.97 Å². The van der Waals surface area contributed by atoms with Crippen molar-refractivity contribution in [2.45, 2.75) is 47.5 Å². The number of hydrogen-bond donors (Lipinski definition) is 1. The van der Waals surface area contributed by atoms with Crippen LogP contribution in [0.1, 0.15) is 47.5 Å². The lowest BCUT2D eigenvalue weighted by Gasteiger charge is -2.05. The maximum absolute atomic E-state index is 3.67. The minimum atomic E-state index is 0.500. The van der Waals surface area contributed by atoms with E-state index in [1.807, 2.05) is 0 Å². The van der Waals surface area contributed by atoms with Gasteiger partial charge in [0.25, 0.3) is 0 Å². The van der Waals surface area contributed by atoms with Crippen LogP contribution in [0.3, 0.4) is 0 Å². The number of aromatic amines is 1. The van der Waals surface area contributed by atoms with Crippen LogP contribution in [0.15, 0.2) is 18.7 Å². The largest absolute Gasteiger partial charge is 0.351 e. The van der Waals surface area contributed by atoms with E-state index in [0.29, 0.717) is 5.41 Å². The van der Waals surface area contributed by atoms with E-state index in [1.165, 1.54) is 12.8 Å². The van der Waals surface area contributed by atoms with Gasteiger partial charge >= 0.3 is 0 Å². The Hall–Kier alpha value is -0.790. The highest BCUT2D eigenvalue weighted by Gasteiger charge is 2.12. The lowest BCUT2D eigenvalue weighted by molar-refractivity contribution is 0.469. The summed E-state index contributed by atoms with van der Waals surface area (Å²) >= 11 is 0. The standard InChI is InChI=1S/C5H12.C4H8.C3H4N2/c1-5(2,3)4;1-4-2-3-4;1-2-5-3-4-1/h1-4H3;4H,2-3H2,1H3;1-3H,(H,4,5). The molecular weight excluding hydrogens is 172 g/mol. The van der Waals surface area contributed by atoms with Gasteiger partial charge in [-0.3, -0.25) is 0 Å². The second kappa shape index (κ2) is 6.63. The molecule has 1 aliphatic rings. The van der Waals surface area contributed by atoms with Crippen LogP contribution >= 0.6 is 0 Å². The van der Waals surface area contributed by atoms with E-state index < -0.39 is 0 Å². The van der Waals surface area contributed by atoms with Crippen molar-refractivity contribution in [1.29, 1.82) is 0 Å². The zero-order valence-electron chi connectivity index (χ0n) is 10.2. The van der Waals surface area contributed by atoms with E-state index in [-0.39, 0.29) is 0 Å². The average molecular weight is 196 g/mol. The summed E-state index contributed by atoms with van der Waals surface area (Å²) in [5, 5.41) is 0. The molecule has 2 rings (SSSR count). The summed E-state index contributed by atoms with van der Waals surface area (Å²) in [6, 6.07) is 0. The molecule has 0 amide bonds. The van der Waals surface area contributed by atoms with Crippen molar-refractivity contribution in [3.05, 3.63) is 18.7 Å². The topological polar surface area (TPSA) is 28.7 Å². The Morgan fingerprint density at radius 1 is 1.21 bits per heavy atom. The third-order valence-electron chi connectivity index (χ3n) is 1.27. The molecule has 1 fully saturated rings. The van der Waals surface area contributed by atoms with E-state index >= 15 is 0 Å². The Bertz CT molecular complexity index is 169. The van der Waals surface area contributed by atoms with Gasteiger partial charge in [0.15, 0.2) is 0 Å². The molecule has 0 atom stereocenters. The van der Waals surface area contributed by atoms with E-state index in [1.54, 1.807) is 18.7 Å². The van der Waals surface area contributed by atoms with Gasteiger partial charge in [-0.05, 0) is 11.3 Å². The molecule has 1 N–H and O–H groups in total. The molecular formula is C12H24N2. The first-order valence-corrected chi connectivity index (χ1v) is 5.32. The molecule has 14 heavy (non-hydrogen) atoms. The molecule has 0 saturated heterocycles. The number of rotatable bonds is 0. The maximum atomic E-state index is 3.67. The van der Waals surface area contributed by atoms with Crippen molar-refractivity contribution in [3.8, 4) is 0 Å². The Balaban J connectivity index is 0.000000182. The molecule has 0 unspecified atom stereocenters. The van der Waals surface area contributed by atoms with Gasteiger partial charge in [-0.2, -0.15) is 0 Å². The first-order valence-electron chi connectivity index (χ1n) is 5.32.